The lowest BCUT2D eigenvalue weighted by Crippen LogP contribution is -2.57. The van der Waals surface area contributed by atoms with Gasteiger partial charge in [-0.2, -0.15) is 9.78 Å². The van der Waals surface area contributed by atoms with Gasteiger partial charge in [0.25, 0.3) is 0 Å². The molecule has 34 nitrogen and oxygen atoms in total. The number of rotatable bonds is 0. The zero-order valence-electron chi connectivity index (χ0n) is 44.2. The van der Waals surface area contributed by atoms with E-state index in [1.807, 2.05) is 0 Å². The fraction of sp³-hybridized carbons (Fsp3) is 0.259. The number of hydrogen-bond donors (Lipinski definition) is 18. The molecule has 0 aliphatic carbocycles. The van der Waals surface area contributed by atoms with Gasteiger partial charge in [-0.15, -0.1) is 0 Å². The van der Waals surface area contributed by atoms with Gasteiger partial charge >= 0.3 is 23.9 Å². The average molecular weight is 1240 g/mol. The Labute approximate surface area is 486 Å². The van der Waals surface area contributed by atoms with Crippen molar-refractivity contribution in [2.75, 3.05) is 13.2 Å². The van der Waals surface area contributed by atoms with Crippen molar-refractivity contribution in [3.8, 4) is 149 Å². The Morgan fingerprint density at radius 2 is 0.739 bits per heavy atom. The molecule has 10 atom stereocenters. The summed E-state index contributed by atoms with van der Waals surface area (Å²) in [6, 6.07) is 3.02. The van der Waals surface area contributed by atoms with Crippen molar-refractivity contribution in [3.05, 3.63) is 58.7 Å². The maximum absolute atomic E-state index is 14.5. The number of cyclic esters (lactones) is 1. The van der Waals surface area contributed by atoms with Crippen molar-refractivity contribution >= 4 is 23.9 Å². The van der Waals surface area contributed by atoms with Crippen molar-refractivity contribution in [2.45, 2.75) is 63.1 Å². The highest BCUT2D eigenvalue weighted by Gasteiger charge is 2.51. The molecule has 6 aromatic carbocycles. The standard InChI is InChI=1S/C54H44O34/c1-11-43-25-9-77-50(72)15-6-22(35(63)39(67)28(15)27-14(51(73)83-43)4-18(56)31(59)37(27)65)79-47-16(5-19(57)33(61)41(47)69)52(74)84-45-12(2)44-26(82-53(45)75)10-78-49(71)13-3-17(55)32(60)38(66)29(13)30-21(85-87-44)8-23(36(64)40(30)68)80-48-24(7-20(58)34(62)42(48)70)86-88-46(11)54(76)81-25/h3-8,11-12,25-26,43-46,53-70,75-76H,9-10H2,1-2H3/t11-,12+,25-,26?,43?,44+,45?,46-,53?,54?/m1/s1. The number of phenols is 16. The van der Waals surface area contributed by atoms with Crippen LogP contribution in [0.4, 0.5) is 0 Å². The van der Waals surface area contributed by atoms with Gasteiger partial charge in [0.15, 0.2) is 93.8 Å². The molecule has 88 heavy (non-hydrogen) atoms. The SMILES string of the molecule is C[C@@H]1C2OC(=O)c3cc(O)c(O)c(O)c3Oc3cc4c(c(O)c3O)-c3c(cc(O)c(O)c3O)C(=O)OC3[C@@H](C)[C@@H](OOc5cc(O)c(O)c(O)c5Oc5cc6c(c(O)c5O)-c5c(cc(O)c(O)c5O)C(=O)OCC(OC2O)[C@H]1OO6)C(O)O[C@@H]3COC4=O. The van der Waals surface area contributed by atoms with Crippen molar-refractivity contribution in [1.29, 1.82) is 0 Å². The predicted molar refractivity (Wildman–Crippen MR) is 273 cm³/mol. The minimum absolute atomic E-state index is 0.410. The maximum atomic E-state index is 14.5. The van der Waals surface area contributed by atoms with E-state index < -0.39 is 269 Å². The molecule has 34 heteroatoms. The van der Waals surface area contributed by atoms with Crippen LogP contribution in [0.2, 0.25) is 0 Å². The molecule has 5 unspecified atom stereocenters. The van der Waals surface area contributed by atoms with Crippen LogP contribution in [0.5, 0.6) is 126 Å². The zero-order chi connectivity index (χ0) is 63.5. The van der Waals surface area contributed by atoms with Crippen molar-refractivity contribution in [3.63, 3.8) is 0 Å². The monoisotopic (exact) mass is 1240 g/mol. The fourth-order valence-electron chi connectivity index (χ4n) is 10.3. The van der Waals surface area contributed by atoms with Gasteiger partial charge in [0.2, 0.25) is 57.5 Å². The molecule has 2 fully saturated rings. The first-order chi connectivity index (χ1) is 41.6. The van der Waals surface area contributed by atoms with Crippen LogP contribution in [0.15, 0.2) is 36.4 Å². The summed E-state index contributed by atoms with van der Waals surface area (Å²) in [5.74, 6) is -38.4. The summed E-state index contributed by atoms with van der Waals surface area (Å²) in [5, 5.41) is 201. The van der Waals surface area contributed by atoms with Crippen LogP contribution in [-0.4, -0.2) is 178 Å². The number of fused-ring (bicyclic) bond motifs is 7. The van der Waals surface area contributed by atoms with Crippen LogP contribution in [0.1, 0.15) is 55.3 Å². The topological polar surface area (TPSA) is 543 Å². The third kappa shape index (κ3) is 9.39. The van der Waals surface area contributed by atoms with E-state index in [0.717, 1.165) is 0 Å². The Kier molecular flexibility index (Phi) is 14.3. The second kappa shape index (κ2) is 21.5. The number of esters is 4. The second-order valence-electron chi connectivity index (χ2n) is 20.1. The third-order valence-electron chi connectivity index (χ3n) is 14.9. The molecule has 12 rings (SSSR count). The van der Waals surface area contributed by atoms with E-state index in [4.69, 9.17) is 57.4 Å². The van der Waals surface area contributed by atoms with Gasteiger partial charge in [-0.1, -0.05) is 13.8 Å². The van der Waals surface area contributed by atoms with Gasteiger partial charge in [-0.25, -0.2) is 19.2 Å². The predicted octanol–water partition coefficient (Wildman–Crippen LogP) is 3.06. The minimum atomic E-state index is -2.31. The Hall–Kier alpha value is -11.0. The quantitative estimate of drug-likeness (QED) is 0.0450. The molecule has 2 saturated heterocycles. The van der Waals surface area contributed by atoms with E-state index in [1.165, 1.54) is 13.8 Å². The molecule has 0 saturated carbocycles. The molecule has 6 aromatic rings. The van der Waals surface area contributed by atoms with Crippen molar-refractivity contribution in [1.82, 2.24) is 0 Å². The average Bonchev–Trinajstić information content (AvgIpc) is 1.16. The minimum Gasteiger partial charge on any atom is -0.504 e. The number of aliphatic hydroxyl groups excluding tert-OH is 2. The summed E-state index contributed by atoms with van der Waals surface area (Å²) in [6.07, 6.45) is -15.8. The molecule has 18 N–H and O–H groups in total. The molecule has 6 aliphatic rings. The first-order valence-corrected chi connectivity index (χ1v) is 25.4. The van der Waals surface area contributed by atoms with Crippen LogP contribution in [-0.2, 0) is 38.2 Å². The number of aromatic hydroxyl groups is 16. The number of carbonyl (C=O) groups is 4. The first kappa shape index (κ1) is 58.7. The van der Waals surface area contributed by atoms with Crippen molar-refractivity contribution in [2.24, 2.45) is 11.8 Å². The van der Waals surface area contributed by atoms with Crippen LogP contribution in [0.25, 0.3) is 22.3 Å². The molecule has 0 radical (unpaired) electrons. The number of benzene rings is 6. The molecule has 0 aromatic heterocycles. The Bertz CT molecular complexity index is 3970. The summed E-state index contributed by atoms with van der Waals surface area (Å²) in [7, 11) is 0. The third-order valence-corrected chi connectivity index (χ3v) is 14.9. The van der Waals surface area contributed by atoms with Gasteiger partial charge in [-0.05, 0) is 12.1 Å². The van der Waals surface area contributed by atoms with Crippen LogP contribution in [0, 0.1) is 11.8 Å². The van der Waals surface area contributed by atoms with Gasteiger partial charge in [0.1, 0.15) is 43.2 Å². The molecule has 9 bridgehead atoms. The molecular weight excluding hydrogens is 1190 g/mol. The van der Waals surface area contributed by atoms with E-state index in [-0.39, 0.29) is 0 Å². The molecule has 6 aliphatic heterocycles. The van der Waals surface area contributed by atoms with Gasteiger partial charge in [-0.3, -0.25) is 0 Å². The maximum Gasteiger partial charge on any atom is 0.342 e. The molecule has 0 amide bonds. The fourth-order valence-corrected chi connectivity index (χ4v) is 10.3. The lowest BCUT2D eigenvalue weighted by Gasteiger charge is -2.41. The van der Waals surface area contributed by atoms with E-state index >= 15 is 0 Å². The Morgan fingerprint density at radius 3 is 1.33 bits per heavy atom. The Balaban J connectivity index is 1.12. The van der Waals surface area contributed by atoms with E-state index in [9.17, 15) is 111 Å². The van der Waals surface area contributed by atoms with Gasteiger partial charge in [0, 0.05) is 52.8 Å². The lowest BCUT2D eigenvalue weighted by atomic mass is 9.90. The van der Waals surface area contributed by atoms with E-state index in [1.54, 1.807) is 0 Å². The largest absolute Gasteiger partial charge is 0.504 e. The molecule has 464 valence electrons. The van der Waals surface area contributed by atoms with Gasteiger partial charge in [0.05, 0.1) is 22.3 Å². The molecular formula is C54H44O34. The number of carbonyl (C=O) groups excluding carboxylic acids is 4. The number of ether oxygens (including phenoxy) is 8. The zero-order valence-corrected chi connectivity index (χ0v) is 44.2. The number of hydrogen-bond acceptors (Lipinski definition) is 34. The summed E-state index contributed by atoms with van der Waals surface area (Å²) in [5.41, 5.74) is -8.23. The van der Waals surface area contributed by atoms with Crippen LogP contribution in [0.3, 0.4) is 0 Å². The summed E-state index contributed by atoms with van der Waals surface area (Å²) in [6.45, 7) is 0.371. The van der Waals surface area contributed by atoms with Crippen molar-refractivity contribution < 1.29 is 169 Å². The van der Waals surface area contributed by atoms with Crippen LogP contribution >= 0.6 is 0 Å². The molecule has 6 heterocycles. The highest BCUT2D eigenvalue weighted by atomic mass is 17.2. The van der Waals surface area contributed by atoms with E-state index in [0.29, 0.717) is 36.4 Å². The molecule has 0 spiro atoms. The summed E-state index contributed by atoms with van der Waals surface area (Å²) < 4.78 is 45.1. The smallest absolute Gasteiger partial charge is 0.342 e. The van der Waals surface area contributed by atoms with E-state index in [2.05, 4.69) is 0 Å². The highest BCUT2D eigenvalue weighted by molar-refractivity contribution is 6.09. The lowest BCUT2D eigenvalue weighted by molar-refractivity contribution is -0.354. The summed E-state index contributed by atoms with van der Waals surface area (Å²) >= 11 is 0. The summed E-state index contributed by atoms with van der Waals surface area (Å²) in [4.78, 5) is 79.8. The number of aliphatic hydroxyl groups is 2. The normalized spacial score (nSPS) is 24.3. The number of phenolic OH excluding ortho intramolecular Hbond substituents is 16. The Morgan fingerprint density at radius 1 is 0.352 bits per heavy atom. The van der Waals surface area contributed by atoms with Crippen LogP contribution < -0.4 is 19.2 Å². The van der Waals surface area contributed by atoms with Gasteiger partial charge < -0.3 is 140 Å². The highest BCUT2D eigenvalue weighted by Crippen LogP contribution is 2.60. The first-order valence-electron chi connectivity index (χ1n) is 25.4. The second-order valence-corrected chi connectivity index (χ2v) is 20.1.